The van der Waals surface area contributed by atoms with E-state index < -0.39 is 0 Å². The standard InChI is InChI=1S/C21H26N2O4/c1-14(2)16-6-8-17(9-7-16)27-13-21(24)23-22-15(3)19-11-10-18(25-4)12-20(19)26-5/h6-12,14H,13H2,1-5H3,(H,23,24)/b22-15+. The zero-order chi connectivity index (χ0) is 19.8. The molecule has 2 rings (SSSR count). The highest BCUT2D eigenvalue weighted by atomic mass is 16.5. The van der Waals surface area contributed by atoms with E-state index in [2.05, 4.69) is 24.4 Å². The van der Waals surface area contributed by atoms with Gasteiger partial charge in [0.1, 0.15) is 17.2 Å². The molecular formula is C21H26N2O4. The van der Waals surface area contributed by atoms with Crippen LogP contribution < -0.4 is 19.6 Å². The summed E-state index contributed by atoms with van der Waals surface area (Å²) in [5.41, 5.74) is 5.10. The second kappa shape index (κ2) is 9.62. The SMILES string of the molecule is COc1ccc(/C(C)=N/NC(=O)COc2ccc(C(C)C)cc2)c(OC)c1. The van der Waals surface area contributed by atoms with Crippen LogP contribution >= 0.6 is 0 Å². The Bertz CT molecular complexity index is 798. The summed E-state index contributed by atoms with van der Waals surface area (Å²) < 4.78 is 16.0. The van der Waals surface area contributed by atoms with Gasteiger partial charge in [0.25, 0.3) is 5.91 Å². The monoisotopic (exact) mass is 370 g/mol. The summed E-state index contributed by atoms with van der Waals surface area (Å²) in [6.07, 6.45) is 0. The summed E-state index contributed by atoms with van der Waals surface area (Å²) in [6, 6.07) is 13.1. The third-order valence-electron chi connectivity index (χ3n) is 4.06. The molecule has 0 aromatic heterocycles. The molecule has 2 aromatic carbocycles. The maximum atomic E-state index is 12.0. The van der Waals surface area contributed by atoms with Crippen molar-refractivity contribution in [2.75, 3.05) is 20.8 Å². The number of carbonyl (C=O) groups excluding carboxylic acids is 1. The number of hydrazone groups is 1. The number of rotatable bonds is 8. The maximum absolute atomic E-state index is 12.0. The lowest BCUT2D eigenvalue weighted by Crippen LogP contribution is -2.25. The fourth-order valence-corrected chi connectivity index (χ4v) is 2.43. The lowest BCUT2D eigenvalue weighted by Gasteiger charge is -2.10. The number of hydrogen-bond acceptors (Lipinski definition) is 5. The smallest absolute Gasteiger partial charge is 0.277 e. The van der Waals surface area contributed by atoms with E-state index in [0.29, 0.717) is 28.9 Å². The van der Waals surface area contributed by atoms with E-state index in [1.807, 2.05) is 36.4 Å². The molecule has 1 N–H and O–H groups in total. The summed E-state index contributed by atoms with van der Waals surface area (Å²) in [4.78, 5) is 12.0. The van der Waals surface area contributed by atoms with Crippen LogP contribution in [-0.2, 0) is 4.79 Å². The van der Waals surface area contributed by atoms with E-state index in [1.165, 1.54) is 5.56 Å². The topological polar surface area (TPSA) is 69.2 Å². The first-order chi connectivity index (χ1) is 12.9. The van der Waals surface area contributed by atoms with Crippen molar-refractivity contribution in [2.45, 2.75) is 26.7 Å². The van der Waals surface area contributed by atoms with Crippen molar-refractivity contribution in [1.82, 2.24) is 5.43 Å². The Morgan fingerprint density at radius 3 is 2.30 bits per heavy atom. The second-order valence-electron chi connectivity index (χ2n) is 6.31. The third kappa shape index (κ3) is 5.74. The normalized spacial score (nSPS) is 11.3. The minimum atomic E-state index is -0.338. The van der Waals surface area contributed by atoms with Gasteiger partial charge in [-0.1, -0.05) is 26.0 Å². The lowest BCUT2D eigenvalue weighted by molar-refractivity contribution is -0.123. The van der Waals surface area contributed by atoms with Crippen LogP contribution in [0.3, 0.4) is 0 Å². The van der Waals surface area contributed by atoms with Gasteiger partial charge in [0, 0.05) is 11.6 Å². The number of methoxy groups -OCH3 is 2. The van der Waals surface area contributed by atoms with E-state index in [-0.39, 0.29) is 12.5 Å². The molecular weight excluding hydrogens is 344 g/mol. The molecule has 0 aliphatic heterocycles. The van der Waals surface area contributed by atoms with Crippen molar-refractivity contribution >= 4 is 11.6 Å². The van der Waals surface area contributed by atoms with Crippen molar-refractivity contribution in [1.29, 1.82) is 0 Å². The Labute approximate surface area is 160 Å². The first kappa shape index (κ1) is 20.3. The van der Waals surface area contributed by atoms with Gasteiger partial charge in [0.15, 0.2) is 6.61 Å². The molecule has 0 atom stereocenters. The average Bonchev–Trinajstić information content (AvgIpc) is 2.70. The number of hydrogen-bond donors (Lipinski definition) is 1. The third-order valence-corrected chi connectivity index (χ3v) is 4.06. The van der Waals surface area contributed by atoms with Crippen LogP contribution in [0, 0.1) is 0 Å². The molecule has 6 heteroatoms. The number of benzene rings is 2. The summed E-state index contributed by atoms with van der Waals surface area (Å²) in [7, 11) is 3.16. The Balaban J connectivity index is 1.93. The molecule has 0 spiro atoms. The molecule has 0 saturated heterocycles. The van der Waals surface area contributed by atoms with Crippen LogP contribution in [0.2, 0.25) is 0 Å². The Morgan fingerprint density at radius 1 is 1.04 bits per heavy atom. The minimum absolute atomic E-state index is 0.114. The predicted octanol–water partition coefficient (Wildman–Crippen LogP) is 3.75. The highest BCUT2D eigenvalue weighted by molar-refractivity contribution is 6.01. The predicted molar refractivity (Wildman–Crippen MR) is 106 cm³/mol. The quantitative estimate of drug-likeness (QED) is 0.568. The van der Waals surface area contributed by atoms with Crippen LogP contribution in [0.15, 0.2) is 47.6 Å². The first-order valence-electron chi connectivity index (χ1n) is 8.73. The van der Waals surface area contributed by atoms with Crippen LogP contribution in [0.5, 0.6) is 17.2 Å². The number of nitrogens with zero attached hydrogens (tertiary/aromatic N) is 1. The fourth-order valence-electron chi connectivity index (χ4n) is 2.43. The van der Waals surface area contributed by atoms with Gasteiger partial charge in [0.2, 0.25) is 0 Å². The highest BCUT2D eigenvalue weighted by Gasteiger charge is 2.09. The van der Waals surface area contributed by atoms with Crippen molar-refractivity contribution in [3.05, 3.63) is 53.6 Å². The van der Waals surface area contributed by atoms with Crippen LogP contribution in [0.1, 0.15) is 37.8 Å². The summed E-state index contributed by atoms with van der Waals surface area (Å²) in [5.74, 6) is 2.06. The summed E-state index contributed by atoms with van der Waals surface area (Å²) in [6.45, 7) is 5.93. The molecule has 0 aliphatic carbocycles. The van der Waals surface area contributed by atoms with E-state index in [0.717, 1.165) is 5.56 Å². The Kier molecular flexibility index (Phi) is 7.23. The van der Waals surface area contributed by atoms with E-state index in [1.54, 1.807) is 27.2 Å². The fraction of sp³-hybridized carbons (Fsp3) is 0.333. The van der Waals surface area contributed by atoms with Gasteiger partial charge in [-0.2, -0.15) is 5.10 Å². The molecule has 0 saturated carbocycles. The van der Waals surface area contributed by atoms with E-state index in [9.17, 15) is 4.79 Å². The molecule has 0 aliphatic rings. The minimum Gasteiger partial charge on any atom is -0.497 e. The Morgan fingerprint density at radius 2 is 1.70 bits per heavy atom. The van der Waals surface area contributed by atoms with Crippen molar-refractivity contribution in [3.8, 4) is 17.2 Å². The molecule has 2 aromatic rings. The highest BCUT2D eigenvalue weighted by Crippen LogP contribution is 2.25. The van der Waals surface area contributed by atoms with E-state index >= 15 is 0 Å². The van der Waals surface area contributed by atoms with Gasteiger partial charge in [0.05, 0.1) is 19.9 Å². The first-order valence-corrected chi connectivity index (χ1v) is 8.73. The molecule has 0 fully saturated rings. The maximum Gasteiger partial charge on any atom is 0.277 e. The molecule has 27 heavy (non-hydrogen) atoms. The zero-order valence-electron chi connectivity index (χ0n) is 16.4. The summed E-state index contributed by atoms with van der Waals surface area (Å²) in [5, 5.41) is 4.12. The molecule has 144 valence electrons. The average molecular weight is 370 g/mol. The molecule has 1 amide bonds. The van der Waals surface area contributed by atoms with Crippen LogP contribution in [0.4, 0.5) is 0 Å². The van der Waals surface area contributed by atoms with Crippen LogP contribution in [0.25, 0.3) is 0 Å². The van der Waals surface area contributed by atoms with E-state index in [4.69, 9.17) is 14.2 Å². The van der Waals surface area contributed by atoms with Gasteiger partial charge in [-0.3, -0.25) is 4.79 Å². The van der Waals surface area contributed by atoms with Gasteiger partial charge >= 0.3 is 0 Å². The molecule has 0 bridgehead atoms. The van der Waals surface area contributed by atoms with Crippen molar-refractivity contribution in [2.24, 2.45) is 5.10 Å². The van der Waals surface area contributed by atoms with Gasteiger partial charge in [-0.05, 0) is 42.7 Å². The molecule has 0 heterocycles. The van der Waals surface area contributed by atoms with Crippen molar-refractivity contribution in [3.63, 3.8) is 0 Å². The second-order valence-corrected chi connectivity index (χ2v) is 6.31. The molecule has 0 unspecified atom stereocenters. The summed E-state index contributed by atoms with van der Waals surface area (Å²) >= 11 is 0. The number of amides is 1. The van der Waals surface area contributed by atoms with Gasteiger partial charge in [-0.25, -0.2) is 5.43 Å². The largest absolute Gasteiger partial charge is 0.497 e. The van der Waals surface area contributed by atoms with Gasteiger partial charge in [-0.15, -0.1) is 0 Å². The van der Waals surface area contributed by atoms with Gasteiger partial charge < -0.3 is 14.2 Å². The van der Waals surface area contributed by atoms with Crippen molar-refractivity contribution < 1.29 is 19.0 Å². The molecule has 6 nitrogen and oxygen atoms in total. The molecule has 0 radical (unpaired) electrons. The lowest BCUT2D eigenvalue weighted by atomic mass is 10.0. The number of nitrogens with one attached hydrogen (secondary N) is 1. The zero-order valence-corrected chi connectivity index (χ0v) is 16.4. The number of carbonyl (C=O) groups is 1. The number of ether oxygens (including phenoxy) is 3. The van der Waals surface area contributed by atoms with Crippen LogP contribution in [-0.4, -0.2) is 32.4 Å². The Hall–Kier alpha value is -3.02.